The largest absolute Gasteiger partial charge is 0.435 e. The molecule has 29 heavy (non-hydrogen) atoms. The monoisotopic (exact) mass is 439 g/mol. The Hall–Kier alpha value is -1.90. The fraction of sp³-hybridized carbons (Fsp3) is 0.450. The van der Waals surface area contributed by atoms with Gasteiger partial charge in [-0.3, -0.25) is 9.59 Å². The molecule has 1 unspecified atom stereocenters. The highest BCUT2D eigenvalue weighted by Gasteiger charge is 2.63. The van der Waals surface area contributed by atoms with E-state index in [1.165, 1.54) is 23.5 Å². The molecule has 5 rings (SSSR count). The number of rotatable bonds is 4. The summed E-state index contributed by atoms with van der Waals surface area (Å²) in [5.41, 5.74) is 1.01. The second-order valence-electron chi connectivity index (χ2n) is 7.56. The molecule has 9 heteroatoms. The number of halogens is 3. The molecule has 3 fully saturated rings. The van der Waals surface area contributed by atoms with Crippen molar-refractivity contribution in [3.8, 4) is 16.3 Å². The highest BCUT2D eigenvalue weighted by atomic mass is 35.5. The number of fused-ring (bicyclic) bond motifs is 5. The Kier molecular flexibility index (Phi) is 4.49. The molecule has 2 aromatic rings. The molecule has 0 radical (unpaired) electrons. The van der Waals surface area contributed by atoms with Gasteiger partial charge in [0.25, 0.3) is 0 Å². The second-order valence-corrected chi connectivity index (χ2v) is 9.17. The normalized spacial score (nSPS) is 30.4. The van der Waals surface area contributed by atoms with Gasteiger partial charge in [-0.05, 0) is 38.0 Å². The van der Waals surface area contributed by atoms with Crippen molar-refractivity contribution in [2.75, 3.05) is 0 Å². The predicted molar refractivity (Wildman–Crippen MR) is 102 cm³/mol. The van der Waals surface area contributed by atoms with Crippen LogP contribution in [0, 0.1) is 18.8 Å². The maximum atomic E-state index is 13.1. The van der Waals surface area contributed by atoms with Crippen molar-refractivity contribution in [1.82, 2.24) is 4.98 Å². The first-order chi connectivity index (χ1) is 13.8. The fourth-order valence-electron chi connectivity index (χ4n) is 4.83. The maximum Gasteiger partial charge on any atom is 0.387 e. The number of hydrogen-bond donors (Lipinski definition) is 0. The first-order valence-corrected chi connectivity index (χ1v) is 10.5. The van der Waals surface area contributed by atoms with Crippen molar-refractivity contribution in [2.24, 2.45) is 11.8 Å². The Bertz CT molecular complexity index is 998. The average molecular weight is 440 g/mol. The Morgan fingerprint density at radius 2 is 1.86 bits per heavy atom. The zero-order valence-electron chi connectivity index (χ0n) is 15.2. The van der Waals surface area contributed by atoms with Gasteiger partial charge in [-0.15, -0.1) is 11.3 Å². The molecule has 0 amide bonds. The van der Waals surface area contributed by atoms with E-state index in [0.717, 1.165) is 17.7 Å². The fourth-order valence-corrected chi connectivity index (χ4v) is 6.14. The van der Waals surface area contributed by atoms with Crippen LogP contribution in [0.4, 0.5) is 8.78 Å². The SMILES string of the molecule is Cc1sc(-c2ccc(OC(F)F)cc2Cl)nc1C1C(=O)[C@@H]2[C@H](C1=O)[C@@H]1CC[C@H]2O1. The van der Waals surface area contributed by atoms with Crippen LogP contribution in [0.5, 0.6) is 5.75 Å². The van der Waals surface area contributed by atoms with Crippen molar-refractivity contribution in [3.63, 3.8) is 0 Å². The summed E-state index contributed by atoms with van der Waals surface area (Å²) in [5.74, 6) is -1.82. The Morgan fingerprint density at radius 3 is 2.45 bits per heavy atom. The van der Waals surface area contributed by atoms with Crippen molar-refractivity contribution >= 4 is 34.5 Å². The molecule has 2 saturated heterocycles. The van der Waals surface area contributed by atoms with E-state index in [0.29, 0.717) is 16.3 Å². The van der Waals surface area contributed by atoms with Crippen LogP contribution in [0.15, 0.2) is 18.2 Å². The lowest BCUT2D eigenvalue weighted by atomic mass is 9.81. The lowest BCUT2D eigenvalue weighted by molar-refractivity contribution is -0.127. The van der Waals surface area contributed by atoms with Gasteiger partial charge in [-0.1, -0.05) is 11.6 Å². The van der Waals surface area contributed by atoms with Crippen molar-refractivity contribution in [3.05, 3.63) is 33.8 Å². The van der Waals surface area contributed by atoms with Crippen LogP contribution >= 0.6 is 22.9 Å². The predicted octanol–water partition coefficient (Wildman–Crippen LogP) is 4.40. The smallest absolute Gasteiger partial charge is 0.387 e. The van der Waals surface area contributed by atoms with E-state index in [2.05, 4.69) is 9.72 Å². The van der Waals surface area contributed by atoms with Crippen LogP contribution in [0.1, 0.15) is 29.3 Å². The van der Waals surface area contributed by atoms with E-state index in [1.54, 1.807) is 6.07 Å². The van der Waals surface area contributed by atoms with Crippen LogP contribution < -0.4 is 4.74 Å². The van der Waals surface area contributed by atoms with Crippen LogP contribution in [-0.2, 0) is 14.3 Å². The number of ketones is 2. The molecule has 5 atom stereocenters. The molecule has 1 aromatic heterocycles. The number of alkyl halides is 2. The molecule has 0 spiro atoms. The van der Waals surface area contributed by atoms with Gasteiger partial charge in [0.15, 0.2) is 11.6 Å². The summed E-state index contributed by atoms with van der Waals surface area (Å²) in [6, 6.07) is 4.23. The van der Waals surface area contributed by atoms with Crippen molar-refractivity contribution in [1.29, 1.82) is 0 Å². The molecule has 5 nitrogen and oxygen atoms in total. The van der Waals surface area contributed by atoms with E-state index in [1.807, 2.05) is 6.92 Å². The van der Waals surface area contributed by atoms with Gasteiger partial charge in [-0.25, -0.2) is 4.98 Å². The Labute approximate surface area is 174 Å². The van der Waals surface area contributed by atoms with Gasteiger partial charge >= 0.3 is 6.61 Å². The molecule has 3 heterocycles. The third-order valence-electron chi connectivity index (χ3n) is 6.00. The summed E-state index contributed by atoms with van der Waals surface area (Å²) in [4.78, 5) is 31.4. The van der Waals surface area contributed by atoms with Crippen molar-refractivity contribution < 1.29 is 27.8 Å². The third-order valence-corrected chi connectivity index (χ3v) is 7.33. The number of ether oxygens (including phenoxy) is 2. The summed E-state index contributed by atoms with van der Waals surface area (Å²) in [6.45, 7) is -1.12. The number of aromatic nitrogens is 1. The van der Waals surface area contributed by atoms with Crippen LogP contribution in [0.3, 0.4) is 0 Å². The lowest BCUT2D eigenvalue weighted by Crippen LogP contribution is -2.29. The minimum Gasteiger partial charge on any atom is -0.435 e. The van der Waals surface area contributed by atoms with Gasteiger partial charge in [0, 0.05) is 10.4 Å². The van der Waals surface area contributed by atoms with E-state index in [-0.39, 0.29) is 46.4 Å². The Morgan fingerprint density at radius 1 is 1.21 bits per heavy atom. The minimum absolute atomic E-state index is 0.0494. The lowest BCUT2D eigenvalue weighted by Gasteiger charge is -2.16. The number of Topliss-reactive ketones (excluding diaryl/α,β-unsaturated/α-hetero) is 2. The number of carbonyl (C=O) groups is 2. The second kappa shape index (κ2) is 6.82. The van der Waals surface area contributed by atoms with E-state index in [4.69, 9.17) is 16.3 Å². The first-order valence-electron chi connectivity index (χ1n) is 9.30. The summed E-state index contributed by atoms with van der Waals surface area (Å²) < 4.78 is 34.9. The zero-order chi connectivity index (χ0) is 20.4. The standard InChI is InChI=1S/C20H16ClF2NO4S/c1-7-16(15-17(25)13-11-4-5-12(28-11)14(13)18(15)26)24-19(29-7)9-3-2-8(6-10(9)21)27-20(22)23/h2-3,6,11-15,20H,4-5H2,1H3/t11-,12+,13+,14-,15?. The maximum absolute atomic E-state index is 13.1. The number of thiazole rings is 1. The third kappa shape index (κ3) is 2.92. The Balaban J connectivity index is 1.47. The number of aryl methyl sites for hydroxylation is 1. The van der Waals surface area contributed by atoms with Crippen LogP contribution in [0.25, 0.3) is 10.6 Å². The molecule has 1 aliphatic carbocycles. The average Bonchev–Trinajstić information content (AvgIpc) is 3.39. The molecule has 0 N–H and O–H groups in total. The summed E-state index contributed by atoms with van der Waals surface area (Å²) in [5, 5.41) is 0.735. The van der Waals surface area contributed by atoms with Gasteiger partial charge in [0.1, 0.15) is 16.7 Å². The molecule has 3 aliphatic rings. The molecule has 1 saturated carbocycles. The number of nitrogens with zero attached hydrogens (tertiary/aromatic N) is 1. The van der Waals surface area contributed by atoms with Crippen LogP contribution in [-0.4, -0.2) is 35.4 Å². The zero-order valence-corrected chi connectivity index (χ0v) is 16.8. The molecule has 1 aromatic carbocycles. The van der Waals surface area contributed by atoms with Crippen molar-refractivity contribution in [2.45, 2.75) is 44.5 Å². The number of carbonyl (C=O) groups excluding carboxylic acids is 2. The number of benzene rings is 1. The van der Waals surface area contributed by atoms with E-state index in [9.17, 15) is 18.4 Å². The molecule has 152 valence electrons. The van der Waals surface area contributed by atoms with Gasteiger partial charge < -0.3 is 9.47 Å². The summed E-state index contributed by atoms with van der Waals surface area (Å²) in [7, 11) is 0. The quantitative estimate of drug-likeness (QED) is 0.660. The first kappa shape index (κ1) is 19.1. The van der Waals surface area contributed by atoms with Crippen LogP contribution in [0.2, 0.25) is 5.02 Å². The summed E-state index contributed by atoms with van der Waals surface area (Å²) >= 11 is 7.56. The topological polar surface area (TPSA) is 65.5 Å². The summed E-state index contributed by atoms with van der Waals surface area (Å²) in [6.07, 6.45) is 1.34. The molecular weight excluding hydrogens is 424 g/mol. The van der Waals surface area contributed by atoms with E-state index >= 15 is 0 Å². The molecule has 2 aliphatic heterocycles. The highest BCUT2D eigenvalue weighted by Crippen LogP contribution is 2.53. The van der Waals surface area contributed by atoms with E-state index < -0.39 is 12.5 Å². The highest BCUT2D eigenvalue weighted by molar-refractivity contribution is 7.15. The molecule has 2 bridgehead atoms. The minimum atomic E-state index is -2.94. The van der Waals surface area contributed by atoms with Gasteiger partial charge in [-0.2, -0.15) is 8.78 Å². The number of hydrogen-bond acceptors (Lipinski definition) is 6. The van der Waals surface area contributed by atoms with Gasteiger partial charge in [0.05, 0.1) is 34.8 Å². The van der Waals surface area contributed by atoms with Gasteiger partial charge in [0.2, 0.25) is 0 Å². The molecular formula is C20H16ClF2NO4S.